The van der Waals surface area contributed by atoms with E-state index in [1.165, 1.54) is 0 Å². The molecular formula is C17H31N4O4S+. The lowest BCUT2D eigenvalue weighted by atomic mass is 10.2. The predicted octanol–water partition coefficient (Wildman–Crippen LogP) is 1.02. The third-order valence-corrected chi connectivity index (χ3v) is 5.63. The summed E-state index contributed by atoms with van der Waals surface area (Å²) in [5.74, 6) is 0.0635. The normalized spacial score (nSPS) is 18.3. The number of hydrogen-bond acceptors (Lipinski definition) is 4. The summed E-state index contributed by atoms with van der Waals surface area (Å²) in [5.41, 5.74) is -0.557. The number of imidazole rings is 1. The molecule has 1 aromatic heterocycles. The summed E-state index contributed by atoms with van der Waals surface area (Å²) in [7, 11) is -1.44. The molecule has 1 aromatic rings. The average Bonchev–Trinajstić information content (AvgIpc) is 3.12. The molecule has 1 saturated heterocycles. The van der Waals surface area contributed by atoms with Crippen molar-refractivity contribution in [3.8, 4) is 0 Å². The summed E-state index contributed by atoms with van der Waals surface area (Å²) < 4.78 is 36.4. The first-order chi connectivity index (χ1) is 12.1. The molecule has 0 radical (unpaired) electrons. The molecule has 9 heteroatoms. The lowest BCUT2D eigenvalue weighted by Gasteiger charge is -2.28. The zero-order chi connectivity index (χ0) is 19.4. The second kappa shape index (κ2) is 8.39. The van der Waals surface area contributed by atoms with Gasteiger partial charge < -0.3 is 9.64 Å². The standard InChI is InChI=1S/C17H31N4O4S/c1-17(2,3)25-16(22)21-9-5-7-15(21)13-18-26(23,24)12-6-8-20-11-10-19(4)14-20/h10-11,14-15,18H,5-9,12-13H2,1-4H3/q+1/t15-/m0/s1. The Bertz CT molecular complexity index is 709. The molecule has 1 amide bonds. The van der Waals surface area contributed by atoms with Crippen LogP contribution in [0.15, 0.2) is 18.7 Å². The predicted molar refractivity (Wildman–Crippen MR) is 98.0 cm³/mol. The average molecular weight is 388 g/mol. The van der Waals surface area contributed by atoms with E-state index < -0.39 is 15.6 Å². The molecule has 148 valence electrons. The van der Waals surface area contributed by atoms with Crippen molar-refractivity contribution in [1.29, 1.82) is 0 Å². The Hall–Kier alpha value is -1.61. The summed E-state index contributed by atoms with van der Waals surface area (Å²) in [6, 6.07) is -0.150. The molecule has 1 aliphatic heterocycles. The zero-order valence-electron chi connectivity index (χ0n) is 16.1. The van der Waals surface area contributed by atoms with Gasteiger partial charge in [0.2, 0.25) is 16.4 Å². The quantitative estimate of drug-likeness (QED) is 0.708. The van der Waals surface area contributed by atoms with E-state index in [-0.39, 0.29) is 24.4 Å². The van der Waals surface area contributed by atoms with Gasteiger partial charge in [-0.25, -0.2) is 27.1 Å². The number of sulfonamides is 1. The van der Waals surface area contributed by atoms with Gasteiger partial charge in [-0.05, 0) is 33.6 Å². The van der Waals surface area contributed by atoms with Crippen LogP contribution in [-0.2, 0) is 28.4 Å². The highest BCUT2D eigenvalue weighted by Gasteiger charge is 2.32. The second-order valence-electron chi connectivity index (χ2n) is 7.81. The number of rotatable bonds is 7. The Morgan fingerprint density at radius 3 is 2.73 bits per heavy atom. The van der Waals surface area contributed by atoms with Crippen LogP contribution in [0.5, 0.6) is 0 Å². The fourth-order valence-corrected chi connectivity index (χ4v) is 4.08. The number of amides is 1. The van der Waals surface area contributed by atoms with E-state index >= 15 is 0 Å². The molecule has 0 spiro atoms. The van der Waals surface area contributed by atoms with Crippen molar-refractivity contribution in [2.45, 2.75) is 58.2 Å². The van der Waals surface area contributed by atoms with Gasteiger partial charge in [-0.3, -0.25) is 0 Å². The van der Waals surface area contributed by atoms with E-state index in [9.17, 15) is 13.2 Å². The SMILES string of the molecule is C[n+]1ccn(CCCS(=O)(=O)NC[C@@H]2CCCN2C(=O)OC(C)(C)C)c1. The number of nitrogens with one attached hydrogen (secondary N) is 1. The van der Waals surface area contributed by atoms with Crippen LogP contribution in [0.3, 0.4) is 0 Å². The van der Waals surface area contributed by atoms with Crippen molar-refractivity contribution in [3.63, 3.8) is 0 Å². The van der Waals surface area contributed by atoms with Crippen LogP contribution in [0.1, 0.15) is 40.0 Å². The molecular weight excluding hydrogens is 356 g/mol. The molecule has 1 aliphatic rings. The van der Waals surface area contributed by atoms with Gasteiger partial charge in [-0.2, -0.15) is 0 Å². The molecule has 0 saturated carbocycles. The number of hydrogen-bond donors (Lipinski definition) is 1. The van der Waals surface area contributed by atoms with Gasteiger partial charge in [0.15, 0.2) is 0 Å². The van der Waals surface area contributed by atoms with Gasteiger partial charge in [0.25, 0.3) is 0 Å². The third kappa shape index (κ3) is 6.60. The molecule has 1 fully saturated rings. The highest BCUT2D eigenvalue weighted by Crippen LogP contribution is 2.20. The van der Waals surface area contributed by atoms with E-state index in [0.717, 1.165) is 12.8 Å². The van der Waals surface area contributed by atoms with E-state index in [4.69, 9.17) is 4.74 Å². The van der Waals surface area contributed by atoms with Gasteiger partial charge in [0.1, 0.15) is 18.0 Å². The van der Waals surface area contributed by atoms with Crippen LogP contribution in [0.25, 0.3) is 0 Å². The van der Waals surface area contributed by atoms with Gasteiger partial charge in [-0.15, -0.1) is 0 Å². The van der Waals surface area contributed by atoms with E-state index in [1.807, 2.05) is 55.7 Å². The minimum Gasteiger partial charge on any atom is -0.444 e. The van der Waals surface area contributed by atoms with Crippen LogP contribution in [0, 0.1) is 0 Å². The molecule has 0 bridgehead atoms. The van der Waals surface area contributed by atoms with E-state index in [0.29, 0.717) is 19.5 Å². The largest absolute Gasteiger partial charge is 0.444 e. The van der Waals surface area contributed by atoms with Crippen molar-refractivity contribution >= 4 is 16.1 Å². The van der Waals surface area contributed by atoms with Crippen molar-refractivity contribution < 1.29 is 22.5 Å². The zero-order valence-corrected chi connectivity index (χ0v) is 17.0. The number of aromatic nitrogens is 2. The molecule has 1 N–H and O–H groups in total. The Balaban J connectivity index is 1.79. The summed E-state index contributed by atoms with van der Waals surface area (Å²) in [4.78, 5) is 13.9. The highest BCUT2D eigenvalue weighted by molar-refractivity contribution is 7.89. The molecule has 0 aromatic carbocycles. The first-order valence-corrected chi connectivity index (χ1v) is 10.7. The lowest BCUT2D eigenvalue weighted by molar-refractivity contribution is -0.671. The number of ether oxygens (including phenoxy) is 1. The van der Waals surface area contributed by atoms with Crippen LogP contribution in [0.4, 0.5) is 4.79 Å². The fraction of sp³-hybridized carbons (Fsp3) is 0.765. The Morgan fingerprint density at radius 1 is 1.38 bits per heavy atom. The summed E-state index contributed by atoms with van der Waals surface area (Å²) >= 11 is 0. The number of likely N-dealkylation sites (tertiary alicyclic amines) is 1. The van der Waals surface area contributed by atoms with E-state index in [1.54, 1.807) is 4.90 Å². The van der Waals surface area contributed by atoms with Crippen LogP contribution in [-0.4, -0.2) is 54.5 Å². The molecule has 26 heavy (non-hydrogen) atoms. The molecule has 8 nitrogen and oxygen atoms in total. The molecule has 0 unspecified atom stereocenters. The van der Waals surface area contributed by atoms with Gasteiger partial charge in [-0.1, -0.05) is 0 Å². The first-order valence-electron chi connectivity index (χ1n) is 9.04. The highest BCUT2D eigenvalue weighted by atomic mass is 32.2. The summed E-state index contributed by atoms with van der Waals surface area (Å²) in [6.07, 6.45) is 7.54. The Labute approximate surface area is 156 Å². The van der Waals surface area contributed by atoms with Crippen molar-refractivity contribution in [2.24, 2.45) is 7.05 Å². The lowest BCUT2D eigenvalue weighted by Crippen LogP contribution is -2.45. The first kappa shape index (κ1) is 20.7. The molecule has 2 rings (SSSR count). The Kier molecular flexibility index (Phi) is 6.68. The van der Waals surface area contributed by atoms with Crippen LogP contribution >= 0.6 is 0 Å². The molecule has 2 heterocycles. The minimum atomic E-state index is -3.37. The Morgan fingerprint density at radius 2 is 2.12 bits per heavy atom. The minimum absolute atomic E-state index is 0.0635. The van der Waals surface area contributed by atoms with Gasteiger partial charge in [0.05, 0.1) is 19.3 Å². The maximum absolute atomic E-state index is 12.2. The summed E-state index contributed by atoms with van der Waals surface area (Å²) in [6.45, 7) is 6.96. The molecule has 0 aliphatic carbocycles. The molecule has 1 atom stereocenters. The second-order valence-corrected chi connectivity index (χ2v) is 9.73. The fourth-order valence-electron chi connectivity index (χ4n) is 2.98. The number of carbonyl (C=O) groups excluding carboxylic acids is 1. The number of carbonyl (C=O) groups is 1. The maximum atomic E-state index is 12.2. The van der Waals surface area contributed by atoms with Crippen molar-refractivity contribution in [1.82, 2.24) is 14.2 Å². The summed E-state index contributed by atoms with van der Waals surface area (Å²) in [5, 5.41) is 0. The van der Waals surface area contributed by atoms with Gasteiger partial charge in [0, 0.05) is 25.6 Å². The van der Waals surface area contributed by atoms with Crippen LogP contribution < -0.4 is 9.29 Å². The maximum Gasteiger partial charge on any atom is 0.410 e. The van der Waals surface area contributed by atoms with E-state index in [2.05, 4.69) is 4.72 Å². The van der Waals surface area contributed by atoms with Crippen molar-refractivity contribution in [3.05, 3.63) is 18.7 Å². The number of nitrogens with zero attached hydrogens (tertiary/aromatic N) is 3. The third-order valence-electron chi connectivity index (χ3n) is 4.20. The van der Waals surface area contributed by atoms with Gasteiger partial charge >= 0.3 is 6.09 Å². The van der Waals surface area contributed by atoms with Crippen molar-refractivity contribution in [2.75, 3.05) is 18.8 Å². The monoisotopic (exact) mass is 387 g/mol. The topological polar surface area (TPSA) is 84.5 Å². The van der Waals surface area contributed by atoms with Crippen LogP contribution in [0.2, 0.25) is 0 Å². The smallest absolute Gasteiger partial charge is 0.410 e. The number of aryl methyl sites for hydroxylation is 2.